The lowest BCUT2D eigenvalue weighted by Gasteiger charge is -2.38. The van der Waals surface area contributed by atoms with Crippen LogP contribution in [0.25, 0.3) is 0 Å². The molecule has 0 aliphatic carbocycles. The molecule has 1 aromatic carbocycles. The molecule has 30 heavy (non-hydrogen) atoms. The second kappa shape index (κ2) is 10.8. The van der Waals surface area contributed by atoms with Crippen molar-refractivity contribution >= 4 is 18.4 Å². The van der Waals surface area contributed by atoms with E-state index in [1.165, 1.54) is 0 Å². The van der Waals surface area contributed by atoms with Crippen LogP contribution in [0.2, 0.25) is 0 Å². The van der Waals surface area contributed by atoms with E-state index in [1.54, 1.807) is 6.92 Å². The van der Waals surface area contributed by atoms with Gasteiger partial charge in [0.15, 0.2) is 11.4 Å². The third-order valence-corrected chi connectivity index (χ3v) is 5.78. The number of nitrogens with one attached hydrogen (secondary N) is 1. The molecular weight excluding hydrogens is 404 g/mol. The highest BCUT2D eigenvalue weighted by atomic mass is 35.5. The summed E-state index contributed by atoms with van der Waals surface area (Å²) in [6, 6.07) is 9.94. The van der Waals surface area contributed by atoms with Crippen molar-refractivity contribution in [2.24, 2.45) is 0 Å². The van der Waals surface area contributed by atoms with Crippen molar-refractivity contribution in [1.29, 1.82) is 0 Å². The van der Waals surface area contributed by atoms with Gasteiger partial charge in [0.1, 0.15) is 0 Å². The minimum Gasteiger partial charge on any atom is -0.491 e. The number of esters is 1. The molecule has 1 aliphatic rings. The lowest BCUT2D eigenvalue weighted by atomic mass is 9.84. The molecule has 0 saturated carbocycles. The first-order valence-electron chi connectivity index (χ1n) is 10.4. The van der Waals surface area contributed by atoms with Crippen LogP contribution >= 0.6 is 12.4 Å². The number of carbonyl (C=O) groups excluding carboxylic acids is 1. The summed E-state index contributed by atoms with van der Waals surface area (Å²) in [4.78, 5) is 17.6. The molecule has 7 heteroatoms. The number of aromatic nitrogens is 1. The Balaban J connectivity index is 0.00000320. The third kappa shape index (κ3) is 5.56. The summed E-state index contributed by atoms with van der Waals surface area (Å²) in [6.07, 6.45) is 2.33. The van der Waals surface area contributed by atoms with E-state index in [0.29, 0.717) is 24.7 Å². The van der Waals surface area contributed by atoms with Gasteiger partial charge in [-0.25, -0.2) is 4.79 Å². The van der Waals surface area contributed by atoms with Crippen molar-refractivity contribution < 1.29 is 19.4 Å². The molecule has 0 unspecified atom stereocenters. The van der Waals surface area contributed by atoms with Gasteiger partial charge in [-0.1, -0.05) is 30.3 Å². The van der Waals surface area contributed by atoms with Gasteiger partial charge in [-0.15, -0.1) is 12.4 Å². The van der Waals surface area contributed by atoms with Crippen LogP contribution in [0.4, 0.5) is 0 Å². The molecule has 166 valence electrons. The molecule has 0 atom stereocenters. The zero-order valence-corrected chi connectivity index (χ0v) is 18.9. The first-order chi connectivity index (χ1) is 13.9. The second-order valence-corrected chi connectivity index (χ2v) is 7.74. The van der Waals surface area contributed by atoms with Crippen LogP contribution in [-0.4, -0.2) is 53.8 Å². The van der Waals surface area contributed by atoms with Crippen molar-refractivity contribution in [3.63, 3.8) is 0 Å². The lowest BCUT2D eigenvalue weighted by Crippen LogP contribution is -2.43. The van der Waals surface area contributed by atoms with E-state index in [4.69, 9.17) is 9.47 Å². The fraction of sp³-hybridized carbons (Fsp3) is 0.522. The maximum Gasteiger partial charge on any atom is 0.358 e. The summed E-state index contributed by atoms with van der Waals surface area (Å²) in [5.41, 5.74) is 2.54. The number of piperidine rings is 1. The van der Waals surface area contributed by atoms with E-state index in [9.17, 15) is 9.90 Å². The van der Waals surface area contributed by atoms with Crippen LogP contribution in [0.3, 0.4) is 0 Å². The van der Waals surface area contributed by atoms with Gasteiger partial charge < -0.3 is 24.5 Å². The van der Waals surface area contributed by atoms with Gasteiger partial charge in [-0.3, -0.25) is 0 Å². The lowest BCUT2D eigenvalue weighted by molar-refractivity contribution is -0.0264. The van der Waals surface area contributed by atoms with Crippen LogP contribution in [0, 0.1) is 13.8 Å². The number of halogens is 1. The number of ether oxygens (including phenoxy) is 2. The minimum absolute atomic E-state index is 0. The highest BCUT2D eigenvalue weighted by Gasteiger charge is 2.33. The molecule has 1 saturated heterocycles. The summed E-state index contributed by atoms with van der Waals surface area (Å²) in [5.74, 6) is 0.216. The zero-order chi connectivity index (χ0) is 20.9. The first kappa shape index (κ1) is 24.3. The van der Waals surface area contributed by atoms with Gasteiger partial charge in [-0.2, -0.15) is 0 Å². The zero-order valence-electron chi connectivity index (χ0n) is 18.1. The van der Waals surface area contributed by atoms with Crippen LogP contribution in [0.5, 0.6) is 5.75 Å². The van der Waals surface area contributed by atoms with Crippen molar-refractivity contribution in [2.75, 3.05) is 32.8 Å². The van der Waals surface area contributed by atoms with Crippen molar-refractivity contribution in [2.45, 2.75) is 45.6 Å². The van der Waals surface area contributed by atoms with Gasteiger partial charge in [0, 0.05) is 30.9 Å². The Morgan fingerprint density at radius 3 is 2.50 bits per heavy atom. The van der Waals surface area contributed by atoms with Crippen LogP contribution in [0.15, 0.2) is 30.3 Å². The largest absolute Gasteiger partial charge is 0.491 e. The van der Waals surface area contributed by atoms with Crippen LogP contribution in [0.1, 0.15) is 53.5 Å². The third-order valence-electron chi connectivity index (χ3n) is 5.78. The first-order valence-corrected chi connectivity index (χ1v) is 10.4. The number of aromatic amines is 1. The molecule has 0 spiro atoms. The predicted octanol–water partition coefficient (Wildman–Crippen LogP) is 3.98. The Morgan fingerprint density at radius 2 is 1.87 bits per heavy atom. The molecule has 0 bridgehead atoms. The van der Waals surface area contributed by atoms with Gasteiger partial charge in [0.05, 0.1) is 18.8 Å². The fourth-order valence-electron chi connectivity index (χ4n) is 3.87. The Bertz CT molecular complexity index is 814. The summed E-state index contributed by atoms with van der Waals surface area (Å²) >= 11 is 0. The quantitative estimate of drug-likeness (QED) is 0.483. The van der Waals surface area contributed by atoms with Crippen molar-refractivity contribution in [1.82, 2.24) is 9.88 Å². The number of benzene rings is 1. The molecule has 2 aromatic rings. The molecule has 0 amide bonds. The topological polar surface area (TPSA) is 74.8 Å². The number of aryl methyl sites for hydroxylation is 1. The van der Waals surface area contributed by atoms with Crippen molar-refractivity contribution in [3.05, 3.63) is 52.8 Å². The number of hydrogen-bond donors (Lipinski definition) is 2. The number of hydrogen-bond acceptors (Lipinski definition) is 5. The Labute approximate surface area is 185 Å². The average Bonchev–Trinajstić information content (AvgIpc) is 3.02. The summed E-state index contributed by atoms with van der Waals surface area (Å²) in [6.45, 7) is 9.15. The molecule has 0 radical (unpaired) electrons. The van der Waals surface area contributed by atoms with E-state index >= 15 is 0 Å². The van der Waals surface area contributed by atoms with E-state index < -0.39 is 5.60 Å². The SMILES string of the molecule is CCOC(=O)c1[nH]c(C)c(C)c1OCCCN1CCC(O)(c2ccccc2)CC1.Cl. The van der Waals surface area contributed by atoms with Crippen LogP contribution in [-0.2, 0) is 10.3 Å². The maximum absolute atomic E-state index is 12.1. The fourth-order valence-corrected chi connectivity index (χ4v) is 3.87. The monoisotopic (exact) mass is 436 g/mol. The molecule has 2 heterocycles. The van der Waals surface area contributed by atoms with Gasteiger partial charge in [0.2, 0.25) is 0 Å². The van der Waals surface area contributed by atoms with E-state index in [-0.39, 0.29) is 18.4 Å². The number of aliphatic hydroxyl groups is 1. The predicted molar refractivity (Wildman–Crippen MR) is 120 cm³/mol. The highest BCUT2D eigenvalue weighted by Crippen LogP contribution is 2.32. The molecule has 6 nitrogen and oxygen atoms in total. The van der Waals surface area contributed by atoms with E-state index in [2.05, 4.69) is 9.88 Å². The summed E-state index contributed by atoms with van der Waals surface area (Å²) in [5, 5.41) is 10.9. The molecular formula is C23H33ClN2O4. The number of likely N-dealkylation sites (tertiary alicyclic amines) is 1. The summed E-state index contributed by atoms with van der Waals surface area (Å²) < 4.78 is 11.1. The minimum atomic E-state index is -0.720. The molecule has 1 aromatic heterocycles. The molecule has 3 rings (SSSR count). The van der Waals surface area contributed by atoms with Crippen LogP contribution < -0.4 is 4.74 Å². The average molecular weight is 437 g/mol. The van der Waals surface area contributed by atoms with Gasteiger partial charge in [0.25, 0.3) is 0 Å². The Morgan fingerprint density at radius 1 is 1.20 bits per heavy atom. The summed E-state index contributed by atoms with van der Waals surface area (Å²) in [7, 11) is 0. The molecule has 2 N–H and O–H groups in total. The van der Waals surface area contributed by atoms with Gasteiger partial charge >= 0.3 is 5.97 Å². The Kier molecular flexibility index (Phi) is 8.77. The van der Waals surface area contributed by atoms with Gasteiger partial charge in [-0.05, 0) is 45.6 Å². The number of carbonyl (C=O) groups is 1. The standard InChI is InChI=1S/C23H32N2O4.ClH/c1-4-28-22(26)20-21(17(2)18(3)24-20)29-16-8-13-25-14-11-23(27,12-15-25)19-9-6-5-7-10-19;/h5-7,9-10,24,27H,4,8,11-16H2,1-3H3;1H. The molecule has 1 aliphatic heterocycles. The normalized spacial score (nSPS) is 16.0. The number of nitrogens with zero attached hydrogens (tertiary/aromatic N) is 1. The molecule has 1 fully saturated rings. The maximum atomic E-state index is 12.1. The van der Waals surface area contributed by atoms with E-state index in [0.717, 1.165) is 55.7 Å². The second-order valence-electron chi connectivity index (χ2n) is 7.74. The van der Waals surface area contributed by atoms with Crippen molar-refractivity contribution in [3.8, 4) is 5.75 Å². The smallest absolute Gasteiger partial charge is 0.358 e. The van der Waals surface area contributed by atoms with E-state index in [1.807, 2.05) is 44.2 Å². The Hall–Kier alpha value is -2.02. The number of rotatable bonds is 8. The highest BCUT2D eigenvalue weighted by molar-refractivity contribution is 5.91. The number of H-pyrrole nitrogens is 1.